The van der Waals surface area contributed by atoms with Crippen molar-refractivity contribution in [1.82, 2.24) is 14.8 Å². The van der Waals surface area contributed by atoms with Gasteiger partial charge < -0.3 is 9.30 Å². The van der Waals surface area contributed by atoms with Gasteiger partial charge >= 0.3 is 0 Å². The summed E-state index contributed by atoms with van der Waals surface area (Å²) in [6.45, 7) is 0.488. The van der Waals surface area contributed by atoms with Gasteiger partial charge in [0.25, 0.3) is 0 Å². The van der Waals surface area contributed by atoms with Crippen LogP contribution in [0.15, 0.2) is 41.6 Å². The molecule has 3 aromatic rings. The predicted octanol–water partition coefficient (Wildman–Crippen LogP) is 6.22. The lowest BCUT2D eigenvalue weighted by atomic mass is 10.2. The highest BCUT2D eigenvalue weighted by Crippen LogP contribution is 2.29. The number of ether oxygens (including phenoxy) is 1. The minimum atomic E-state index is -0.319. The molecule has 4 nitrogen and oxygen atoms in total. The Morgan fingerprint density at radius 3 is 2.68 bits per heavy atom. The van der Waals surface area contributed by atoms with Crippen LogP contribution in [0, 0.1) is 5.82 Å². The Morgan fingerprint density at radius 2 is 1.93 bits per heavy atom. The van der Waals surface area contributed by atoms with E-state index in [2.05, 4.69) is 10.2 Å². The summed E-state index contributed by atoms with van der Waals surface area (Å²) in [7, 11) is 1.89. The van der Waals surface area contributed by atoms with Gasteiger partial charge in [-0.3, -0.25) is 0 Å². The molecular weight excluding hydrogens is 444 g/mol. The Hall–Kier alpha value is -1.47. The van der Waals surface area contributed by atoms with Crippen molar-refractivity contribution >= 4 is 46.6 Å². The zero-order valence-corrected chi connectivity index (χ0v) is 18.0. The Morgan fingerprint density at radius 1 is 1.11 bits per heavy atom. The van der Waals surface area contributed by atoms with Gasteiger partial charge in [-0.15, -0.1) is 10.2 Å². The molecule has 0 radical (unpaired) electrons. The Kier molecular flexibility index (Phi) is 7.46. The third kappa shape index (κ3) is 5.32. The van der Waals surface area contributed by atoms with Crippen LogP contribution in [0.5, 0.6) is 5.75 Å². The zero-order valence-electron chi connectivity index (χ0n) is 15.0. The van der Waals surface area contributed by atoms with Crippen LogP contribution < -0.4 is 4.74 Å². The number of hydrogen-bond donors (Lipinski definition) is 0. The first-order valence-electron chi connectivity index (χ1n) is 8.47. The van der Waals surface area contributed by atoms with Crippen molar-refractivity contribution in [2.45, 2.75) is 23.8 Å². The standard InChI is InChI=1S/C19H17Cl3FN3OS/c1-26-18(6-3-9-27-17-8-7-12(20)10-15(17)22)24-25-19(26)28-11-13-14(21)4-2-5-16(13)23/h2,4-5,7-8,10H,3,6,9,11H2,1H3. The van der Waals surface area contributed by atoms with Crippen molar-refractivity contribution in [2.24, 2.45) is 7.05 Å². The Labute approximate surface area is 182 Å². The van der Waals surface area contributed by atoms with Crippen molar-refractivity contribution < 1.29 is 9.13 Å². The second kappa shape index (κ2) is 9.83. The van der Waals surface area contributed by atoms with Crippen molar-refractivity contribution in [2.75, 3.05) is 6.61 Å². The van der Waals surface area contributed by atoms with Gasteiger partial charge in [-0.05, 0) is 36.8 Å². The van der Waals surface area contributed by atoms with E-state index in [1.165, 1.54) is 17.8 Å². The molecule has 0 aliphatic carbocycles. The normalized spacial score (nSPS) is 11.0. The molecule has 0 spiro atoms. The summed E-state index contributed by atoms with van der Waals surface area (Å²) in [5, 5.41) is 10.6. The molecule has 0 aliphatic rings. The number of nitrogens with zero attached hydrogens (tertiary/aromatic N) is 3. The topological polar surface area (TPSA) is 39.9 Å². The summed E-state index contributed by atoms with van der Waals surface area (Å²) in [6.07, 6.45) is 1.43. The first-order chi connectivity index (χ1) is 13.5. The lowest BCUT2D eigenvalue weighted by Crippen LogP contribution is -2.04. The third-order valence-corrected chi connectivity index (χ3v) is 5.96. The molecule has 148 valence electrons. The maximum Gasteiger partial charge on any atom is 0.191 e. The zero-order chi connectivity index (χ0) is 20.1. The van der Waals surface area contributed by atoms with E-state index < -0.39 is 0 Å². The first kappa shape index (κ1) is 21.2. The highest BCUT2D eigenvalue weighted by molar-refractivity contribution is 7.98. The molecule has 0 bridgehead atoms. The first-order valence-corrected chi connectivity index (χ1v) is 10.6. The molecule has 0 saturated carbocycles. The quantitative estimate of drug-likeness (QED) is 0.295. The van der Waals surface area contributed by atoms with Crippen LogP contribution in [0.1, 0.15) is 17.8 Å². The molecular formula is C19H17Cl3FN3OS. The summed E-state index contributed by atoms with van der Waals surface area (Å²) in [5.74, 6) is 1.49. The van der Waals surface area contributed by atoms with Gasteiger partial charge in [-0.25, -0.2) is 4.39 Å². The van der Waals surface area contributed by atoms with Gasteiger partial charge in [0, 0.05) is 34.8 Å². The van der Waals surface area contributed by atoms with E-state index in [0.717, 1.165) is 12.2 Å². The van der Waals surface area contributed by atoms with Gasteiger partial charge in [0.15, 0.2) is 5.16 Å². The molecule has 0 unspecified atom stereocenters. The molecule has 28 heavy (non-hydrogen) atoms. The SMILES string of the molecule is Cn1c(CCCOc2ccc(Cl)cc2Cl)nnc1SCc1c(F)cccc1Cl. The van der Waals surface area contributed by atoms with Gasteiger partial charge in [0.1, 0.15) is 17.4 Å². The molecule has 0 N–H and O–H groups in total. The van der Waals surface area contributed by atoms with E-state index in [1.807, 2.05) is 11.6 Å². The number of rotatable bonds is 8. The van der Waals surface area contributed by atoms with Crippen LogP contribution >= 0.6 is 46.6 Å². The third-order valence-electron chi connectivity index (χ3n) is 4.03. The number of thioether (sulfide) groups is 1. The highest BCUT2D eigenvalue weighted by atomic mass is 35.5. The number of benzene rings is 2. The summed E-state index contributed by atoms with van der Waals surface area (Å²) < 4.78 is 21.5. The minimum absolute atomic E-state index is 0.319. The molecule has 1 heterocycles. The van der Waals surface area contributed by atoms with E-state index in [0.29, 0.717) is 50.3 Å². The highest BCUT2D eigenvalue weighted by Gasteiger charge is 2.13. The average molecular weight is 461 g/mol. The molecule has 9 heteroatoms. The van der Waals surface area contributed by atoms with E-state index in [4.69, 9.17) is 39.5 Å². The molecule has 3 rings (SSSR count). The Bertz CT molecular complexity index is 947. The molecule has 2 aromatic carbocycles. The molecule has 1 aromatic heterocycles. The fourth-order valence-electron chi connectivity index (χ4n) is 2.50. The number of hydrogen-bond acceptors (Lipinski definition) is 4. The van der Waals surface area contributed by atoms with Crippen LogP contribution in [0.25, 0.3) is 0 Å². The second-order valence-electron chi connectivity index (χ2n) is 5.97. The lowest BCUT2D eigenvalue weighted by molar-refractivity contribution is 0.309. The number of aromatic nitrogens is 3. The van der Waals surface area contributed by atoms with E-state index >= 15 is 0 Å². The molecule has 0 amide bonds. The molecule has 0 fully saturated rings. The van der Waals surface area contributed by atoms with E-state index in [1.54, 1.807) is 30.3 Å². The minimum Gasteiger partial charge on any atom is -0.492 e. The monoisotopic (exact) mass is 459 g/mol. The number of halogens is 4. The van der Waals surface area contributed by atoms with Crippen LogP contribution in [-0.4, -0.2) is 21.4 Å². The molecule has 0 saturated heterocycles. The van der Waals surface area contributed by atoms with Crippen molar-refractivity contribution in [3.63, 3.8) is 0 Å². The van der Waals surface area contributed by atoms with E-state index in [-0.39, 0.29) is 5.82 Å². The summed E-state index contributed by atoms with van der Waals surface area (Å²) in [6, 6.07) is 9.79. The molecule has 0 aliphatic heterocycles. The van der Waals surface area contributed by atoms with Crippen LogP contribution in [0.2, 0.25) is 15.1 Å². The van der Waals surface area contributed by atoms with Crippen molar-refractivity contribution in [3.8, 4) is 5.75 Å². The van der Waals surface area contributed by atoms with Gasteiger partial charge in [0.05, 0.1) is 11.6 Å². The van der Waals surface area contributed by atoms with Crippen molar-refractivity contribution in [3.05, 3.63) is 68.7 Å². The summed E-state index contributed by atoms with van der Waals surface area (Å²) in [4.78, 5) is 0. The molecule has 0 atom stereocenters. The fraction of sp³-hybridized carbons (Fsp3) is 0.263. The van der Waals surface area contributed by atoms with Crippen LogP contribution in [0.4, 0.5) is 4.39 Å². The lowest BCUT2D eigenvalue weighted by Gasteiger charge is -2.08. The fourth-order valence-corrected chi connectivity index (χ4v) is 4.24. The van der Waals surface area contributed by atoms with Gasteiger partial charge in [-0.2, -0.15) is 0 Å². The Balaban J connectivity index is 1.52. The number of aryl methyl sites for hydroxylation is 1. The van der Waals surface area contributed by atoms with Crippen molar-refractivity contribution in [1.29, 1.82) is 0 Å². The largest absolute Gasteiger partial charge is 0.492 e. The maximum atomic E-state index is 13.9. The summed E-state index contributed by atoms with van der Waals surface area (Å²) in [5.41, 5.74) is 0.465. The van der Waals surface area contributed by atoms with Crippen LogP contribution in [-0.2, 0) is 19.2 Å². The van der Waals surface area contributed by atoms with Gasteiger partial charge in [0.2, 0.25) is 0 Å². The van der Waals surface area contributed by atoms with Gasteiger partial charge in [-0.1, -0.05) is 52.6 Å². The predicted molar refractivity (Wildman–Crippen MR) is 112 cm³/mol. The smallest absolute Gasteiger partial charge is 0.191 e. The summed E-state index contributed by atoms with van der Waals surface area (Å²) >= 11 is 19.4. The second-order valence-corrected chi connectivity index (χ2v) is 8.17. The maximum absolute atomic E-state index is 13.9. The van der Waals surface area contributed by atoms with Crippen LogP contribution in [0.3, 0.4) is 0 Å². The average Bonchev–Trinajstić information content (AvgIpc) is 3.00. The van der Waals surface area contributed by atoms with E-state index in [9.17, 15) is 4.39 Å².